The zero-order valence-corrected chi connectivity index (χ0v) is 12.0. The SMILES string of the molecule is CCOC(=O)CCc1ccc([N+](=O)[O-])c(C(=O)OCC)c1. The number of carbonyl (C=O) groups excluding carboxylic acids is 2. The van der Waals surface area contributed by atoms with E-state index in [2.05, 4.69) is 0 Å². The molecule has 0 saturated carbocycles. The predicted octanol–water partition coefficient (Wildman–Crippen LogP) is 2.27. The van der Waals surface area contributed by atoms with E-state index in [1.54, 1.807) is 13.8 Å². The number of nitro groups is 1. The minimum absolute atomic E-state index is 0.108. The van der Waals surface area contributed by atoms with E-state index in [1.165, 1.54) is 18.2 Å². The number of nitrogens with zero attached hydrogens (tertiary/aromatic N) is 1. The maximum absolute atomic E-state index is 11.7. The normalized spacial score (nSPS) is 10.0. The molecule has 0 N–H and O–H groups in total. The molecule has 1 rings (SSSR count). The second kappa shape index (κ2) is 7.98. The molecule has 0 fully saturated rings. The molecule has 7 nitrogen and oxygen atoms in total. The Labute approximate surface area is 122 Å². The fourth-order valence-electron chi connectivity index (χ4n) is 1.75. The zero-order valence-electron chi connectivity index (χ0n) is 12.0. The van der Waals surface area contributed by atoms with Gasteiger partial charge >= 0.3 is 11.9 Å². The molecule has 21 heavy (non-hydrogen) atoms. The van der Waals surface area contributed by atoms with Crippen molar-refractivity contribution in [1.29, 1.82) is 0 Å². The largest absolute Gasteiger partial charge is 0.466 e. The van der Waals surface area contributed by atoms with Gasteiger partial charge in [0.2, 0.25) is 0 Å². The number of nitro benzene ring substituents is 1. The van der Waals surface area contributed by atoms with E-state index in [-0.39, 0.29) is 30.2 Å². The van der Waals surface area contributed by atoms with Gasteiger partial charge in [0.15, 0.2) is 0 Å². The monoisotopic (exact) mass is 295 g/mol. The molecule has 0 aromatic heterocycles. The predicted molar refractivity (Wildman–Crippen MR) is 74.0 cm³/mol. The minimum Gasteiger partial charge on any atom is -0.466 e. The third kappa shape index (κ3) is 4.87. The van der Waals surface area contributed by atoms with Crippen LogP contribution in [0, 0.1) is 10.1 Å². The van der Waals surface area contributed by atoms with Crippen LogP contribution in [-0.4, -0.2) is 30.1 Å². The van der Waals surface area contributed by atoms with Crippen molar-refractivity contribution in [3.63, 3.8) is 0 Å². The highest BCUT2D eigenvalue weighted by molar-refractivity contribution is 5.94. The highest BCUT2D eigenvalue weighted by atomic mass is 16.6. The van der Waals surface area contributed by atoms with Crippen LogP contribution in [0.4, 0.5) is 5.69 Å². The number of ether oxygens (including phenoxy) is 2. The van der Waals surface area contributed by atoms with E-state index in [4.69, 9.17) is 9.47 Å². The van der Waals surface area contributed by atoms with Crippen LogP contribution in [0.2, 0.25) is 0 Å². The Morgan fingerprint density at radius 2 is 1.86 bits per heavy atom. The molecule has 0 aliphatic carbocycles. The van der Waals surface area contributed by atoms with Gasteiger partial charge in [-0.15, -0.1) is 0 Å². The number of aryl methyl sites for hydroxylation is 1. The molecule has 0 amide bonds. The van der Waals surface area contributed by atoms with E-state index in [1.807, 2.05) is 0 Å². The van der Waals surface area contributed by atoms with Crippen molar-refractivity contribution < 1.29 is 24.0 Å². The fourth-order valence-corrected chi connectivity index (χ4v) is 1.75. The van der Waals surface area contributed by atoms with Crippen LogP contribution >= 0.6 is 0 Å². The minimum atomic E-state index is -0.748. The summed E-state index contributed by atoms with van der Waals surface area (Å²) in [6.45, 7) is 3.76. The third-order valence-corrected chi connectivity index (χ3v) is 2.68. The molecule has 0 unspecified atom stereocenters. The van der Waals surface area contributed by atoms with Crippen LogP contribution in [-0.2, 0) is 20.7 Å². The molecule has 1 aromatic carbocycles. The Balaban J connectivity index is 2.93. The standard InChI is InChI=1S/C14H17NO6/c1-3-20-13(16)8-6-10-5-7-12(15(18)19)11(9-10)14(17)21-4-2/h5,7,9H,3-4,6,8H2,1-2H3. The molecule has 7 heteroatoms. The van der Waals surface area contributed by atoms with Crippen molar-refractivity contribution in [2.75, 3.05) is 13.2 Å². The Morgan fingerprint density at radius 3 is 2.43 bits per heavy atom. The van der Waals surface area contributed by atoms with Gasteiger partial charge in [-0.2, -0.15) is 0 Å². The summed E-state index contributed by atoms with van der Waals surface area (Å²) in [6.07, 6.45) is 0.483. The van der Waals surface area contributed by atoms with Gasteiger partial charge in [0.05, 0.1) is 18.1 Å². The van der Waals surface area contributed by atoms with E-state index in [9.17, 15) is 19.7 Å². The average Bonchev–Trinajstić information content (AvgIpc) is 2.45. The molecule has 0 spiro atoms. The summed E-state index contributed by atoms with van der Waals surface area (Å²) in [4.78, 5) is 33.3. The fraction of sp³-hybridized carbons (Fsp3) is 0.429. The smallest absolute Gasteiger partial charge is 0.345 e. The number of hydrogen-bond acceptors (Lipinski definition) is 6. The topological polar surface area (TPSA) is 95.7 Å². The Morgan fingerprint density at radius 1 is 1.19 bits per heavy atom. The first-order valence-corrected chi connectivity index (χ1v) is 6.59. The lowest BCUT2D eigenvalue weighted by molar-refractivity contribution is -0.385. The quantitative estimate of drug-likeness (QED) is 0.435. The van der Waals surface area contributed by atoms with Crippen LogP contribution in [0.25, 0.3) is 0 Å². The summed E-state index contributed by atoms with van der Waals surface area (Å²) in [7, 11) is 0. The van der Waals surface area contributed by atoms with Crippen LogP contribution in [0.1, 0.15) is 36.2 Å². The van der Waals surface area contributed by atoms with E-state index in [0.29, 0.717) is 18.6 Å². The van der Waals surface area contributed by atoms with Gasteiger partial charge in [0.1, 0.15) is 5.56 Å². The first-order valence-electron chi connectivity index (χ1n) is 6.59. The van der Waals surface area contributed by atoms with Gasteiger partial charge < -0.3 is 9.47 Å². The van der Waals surface area contributed by atoms with Crippen molar-refractivity contribution in [3.8, 4) is 0 Å². The second-order valence-corrected chi connectivity index (χ2v) is 4.13. The van der Waals surface area contributed by atoms with Crippen LogP contribution in [0.3, 0.4) is 0 Å². The molecule has 0 atom stereocenters. The van der Waals surface area contributed by atoms with Crippen molar-refractivity contribution in [3.05, 3.63) is 39.4 Å². The lowest BCUT2D eigenvalue weighted by Crippen LogP contribution is -2.09. The summed E-state index contributed by atoms with van der Waals surface area (Å²) in [6, 6.07) is 4.14. The first kappa shape index (κ1) is 16.6. The Hall–Kier alpha value is -2.44. The first-order chi connectivity index (χ1) is 9.99. The van der Waals surface area contributed by atoms with Gasteiger partial charge in [-0.25, -0.2) is 4.79 Å². The van der Waals surface area contributed by atoms with Gasteiger partial charge in [0, 0.05) is 12.5 Å². The van der Waals surface area contributed by atoms with Crippen molar-refractivity contribution in [2.45, 2.75) is 26.7 Å². The van der Waals surface area contributed by atoms with Gasteiger partial charge in [-0.05, 0) is 31.9 Å². The molecule has 0 saturated heterocycles. The van der Waals surface area contributed by atoms with Crippen molar-refractivity contribution in [1.82, 2.24) is 0 Å². The van der Waals surface area contributed by atoms with Crippen LogP contribution in [0.15, 0.2) is 18.2 Å². The Bertz CT molecular complexity index is 540. The number of benzene rings is 1. The highest BCUT2D eigenvalue weighted by Gasteiger charge is 2.21. The summed E-state index contributed by atoms with van der Waals surface area (Å²) in [5.74, 6) is -1.10. The number of rotatable bonds is 7. The molecule has 114 valence electrons. The maximum Gasteiger partial charge on any atom is 0.345 e. The molecule has 0 bridgehead atoms. The van der Waals surface area contributed by atoms with Gasteiger partial charge in [-0.1, -0.05) is 6.07 Å². The van der Waals surface area contributed by atoms with E-state index >= 15 is 0 Å². The van der Waals surface area contributed by atoms with Gasteiger partial charge in [0.25, 0.3) is 5.69 Å². The zero-order chi connectivity index (χ0) is 15.8. The molecule has 1 aromatic rings. The number of esters is 2. The average molecular weight is 295 g/mol. The van der Waals surface area contributed by atoms with Gasteiger partial charge in [-0.3, -0.25) is 14.9 Å². The molecule has 0 aliphatic heterocycles. The number of hydrogen-bond donors (Lipinski definition) is 0. The maximum atomic E-state index is 11.7. The summed E-state index contributed by atoms with van der Waals surface area (Å²) >= 11 is 0. The van der Waals surface area contributed by atoms with Crippen LogP contribution < -0.4 is 0 Å². The van der Waals surface area contributed by atoms with E-state index < -0.39 is 10.9 Å². The third-order valence-electron chi connectivity index (χ3n) is 2.68. The molecule has 0 aliphatic rings. The molecular formula is C14H17NO6. The summed E-state index contributed by atoms with van der Waals surface area (Å²) < 4.78 is 9.61. The second-order valence-electron chi connectivity index (χ2n) is 4.13. The highest BCUT2D eigenvalue weighted by Crippen LogP contribution is 2.22. The summed E-state index contributed by atoms with van der Waals surface area (Å²) in [5.41, 5.74) is 0.216. The lowest BCUT2D eigenvalue weighted by atomic mass is 10.0. The van der Waals surface area contributed by atoms with E-state index in [0.717, 1.165) is 0 Å². The Kier molecular flexibility index (Phi) is 6.32. The molecular weight excluding hydrogens is 278 g/mol. The van der Waals surface area contributed by atoms with Crippen LogP contribution in [0.5, 0.6) is 0 Å². The molecule has 0 radical (unpaired) electrons. The molecule has 0 heterocycles. The van der Waals surface area contributed by atoms with Crippen molar-refractivity contribution >= 4 is 17.6 Å². The summed E-state index contributed by atoms with van der Waals surface area (Å²) in [5, 5.41) is 10.9. The van der Waals surface area contributed by atoms with Crippen molar-refractivity contribution in [2.24, 2.45) is 0 Å². The lowest BCUT2D eigenvalue weighted by Gasteiger charge is -2.06. The number of carbonyl (C=O) groups is 2.